The lowest BCUT2D eigenvalue weighted by Crippen LogP contribution is -1.98. The lowest BCUT2D eigenvalue weighted by molar-refractivity contribution is 0.321. The Labute approximate surface area is 90.8 Å². The van der Waals surface area contributed by atoms with Gasteiger partial charge in [-0.1, -0.05) is 17.3 Å². The summed E-state index contributed by atoms with van der Waals surface area (Å²) in [5.74, 6) is 0.728. The number of rotatable bonds is 3. The molecule has 0 saturated heterocycles. The molecular weight excluding hydrogens is 225 g/mol. The first kappa shape index (κ1) is 11.3. The van der Waals surface area contributed by atoms with Gasteiger partial charge in [-0.2, -0.15) is 0 Å². The van der Waals surface area contributed by atoms with E-state index in [1.54, 1.807) is 12.1 Å². The molecule has 1 N–H and O–H groups in total. The molecule has 0 saturated carbocycles. The molecule has 0 heterocycles. The van der Waals surface area contributed by atoms with Crippen LogP contribution < -0.4 is 0 Å². The first-order valence-electron chi connectivity index (χ1n) is 3.94. The average Bonchev–Trinajstić information content (AvgIpc) is 2.19. The highest BCUT2D eigenvalue weighted by atomic mass is 35.5. The summed E-state index contributed by atoms with van der Waals surface area (Å²) in [4.78, 5) is 0. The Morgan fingerprint density at radius 2 is 2.36 bits per heavy atom. The normalized spacial score (nSPS) is 11.7. The van der Waals surface area contributed by atoms with Crippen LogP contribution in [0, 0.1) is 5.82 Å². The second kappa shape index (κ2) is 5.88. The van der Waals surface area contributed by atoms with Crippen molar-refractivity contribution < 1.29 is 9.60 Å². The van der Waals surface area contributed by atoms with Crippen LogP contribution in [0.2, 0.25) is 0 Å². The molecule has 0 bridgehead atoms. The Kier molecular flexibility index (Phi) is 4.76. The van der Waals surface area contributed by atoms with Gasteiger partial charge in [-0.3, -0.25) is 0 Å². The van der Waals surface area contributed by atoms with Crippen molar-refractivity contribution in [1.29, 1.82) is 0 Å². The van der Waals surface area contributed by atoms with Gasteiger partial charge in [0.25, 0.3) is 0 Å². The van der Waals surface area contributed by atoms with Crippen LogP contribution >= 0.6 is 23.4 Å². The van der Waals surface area contributed by atoms with Crippen molar-refractivity contribution in [3.63, 3.8) is 0 Å². The minimum Gasteiger partial charge on any atom is -0.410 e. The summed E-state index contributed by atoms with van der Waals surface area (Å²) >= 11 is 6.77. The van der Waals surface area contributed by atoms with Crippen LogP contribution in [0.15, 0.2) is 29.4 Å². The van der Waals surface area contributed by atoms with Crippen molar-refractivity contribution in [2.24, 2.45) is 5.16 Å². The van der Waals surface area contributed by atoms with Gasteiger partial charge in [0.15, 0.2) is 0 Å². The Bertz CT molecular complexity index is 332. The molecule has 0 amide bonds. The zero-order valence-electron chi connectivity index (χ0n) is 7.28. The highest BCUT2D eigenvalue weighted by Crippen LogP contribution is 2.14. The van der Waals surface area contributed by atoms with Crippen molar-refractivity contribution in [2.75, 3.05) is 11.6 Å². The number of nitrogens with zero attached hydrogens (tertiary/aromatic N) is 1. The van der Waals surface area contributed by atoms with E-state index in [0.29, 0.717) is 22.2 Å². The van der Waals surface area contributed by atoms with Gasteiger partial charge in [-0.25, -0.2) is 4.39 Å². The molecule has 2 nitrogen and oxygen atoms in total. The summed E-state index contributed by atoms with van der Waals surface area (Å²) in [5, 5.41) is 12.2. The van der Waals surface area contributed by atoms with Gasteiger partial charge in [0.2, 0.25) is 0 Å². The number of hydrogen-bond donors (Lipinski definition) is 1. The van der Waals surface area contributed by atoms with E-state index in [2.05, 4.69) is 5.16 Å². The monoisotopic (exact) mass is 233 g/mol. The molecule has 0 aromatic heterocycles. The highest BCUT2D eigenvalue weighted by molar-refractivity contribution is 8.14. The van der Waals surface area contributed by atoms with Crippen LogP contribution in [0.1, 0.15) is 5.56 Å². The minimum absolute atomic E-state index is 0.352. The Morgan fingerprint density at radius 3 is 2.93 bits per heavy atom. The average molecular weight is 234 g/mol. The van der Waals surface area contributed by atoms with Gasteiger partial charge in [-0.15, -0.1) is 23.4 Å². The molecule has 1 aromatic rings. The first-order valence-corrected chi connectivity index (χ1v) is 5.46. The van der Waals surface area contributed by atoms with Crippen LogP contribution in [-0.4, -0.2) is 21.9 Å². The molecule has 1 rings (SSSR count). The third-order valence-corrected chi connectivity index (χ3v) is 2.89. The van der Waals surface area contributed by atoms with Gasteiger partial charge < -0.3 is 5.21 Å². The van der Waals surface area contributed by atoms with Crippen LogP contribution in [0.3, 0.4) is 0 Å². The number of hydrogen-bond acceptors (Lipinski definition) is 3. The van der Waals surface area contributed by atoms with Crippen LogP contribution in [-0.2, 0) is 0 Å². The van der Waals surface area contributed by atoms with Gasteiger partial charge in [0.05, 0.1) is 0 Å². The van der Waals surface area contributed by atoms with Crippen LogP contribution in [0.5, 0.6) is 0 Å². The maximum absolute atomic E-state index is 12.8. The van der Waals surface area contributed by atoms with E-state index in [-0.39, 0.29) is 5.82 Å². The Morgan fingerprint density at radius 1 is 1.57 bits per heavy atom. The third-order valence-electron chi connectivity index (χ3n) is 1.48. The number of oxime groups is 1. The summed E-state index contributed by atoms with van der Waals surface area (Å²) in [7, 11) is 0. The summed E-state index contributed by atoms with van der Waals surface area (Å²) in [5.41, 5.74) is 0.558. The van der Waals surface area contributed by atoms with Crippen LogP contribution in [0.25, 0.3) is 0 Å². The zero-order chi connectivity index (χ0) is 10.4. The molecule has 0 atom stereocenters. The minimum atomic E-state index is -0.352. The maximum Gasteiger partial charge on any atom is 0.143 e. The molecule has 0 aliphatic rings. The fourth-order valence-corrected chi connectivity index (χ4v) is 1.78. The molecule has 14 heavy (non-hydrogen) atoms. The number of thioether (sulfide) groups is 1. The number of benzene rings is 1. The van der Waals surface area contributed by atoms with Crippen molar-refractivity contribution in [1.82, 2.24) is 0 Å². The Balaban J connectivity index is 2.79. The van der Waals surface area contributed by atoms with E-state index in [4.69, 9.17) is 16.8 Å². The summed E-state index contributed by atoms with van der Waals surface area (Å²) in [6.07, 6.45) is 0. The van der Waals surface area contributed by atoms with Crippen molar-refractivity contribution in [3.05, 3.63) is 35.6 Å². The van der Waals surface area contributed by atoms with E-state index in [9.17, 15) is 4.39 Å². The lowest BCUT2D eigenvalue weighted by atomic mass is 10.2. The molecule has 5 heteroatoms. The smallest absolute Gasteiger partial charge is 0.143 e. The molecule has 0 spiro atoms. The molecule has 76 valence electrons. The number of alkyl halides is 1. The van der Waals surface area contributed by atoms with Gasteiger partial charge in [-0.05, 0) is 12.1 Å². The molecule has 0 fully saturated rings. The molecule has 0 aliphatic carbocycles. The maximum atomic E-state index is 12.8. The van der Waals surface area contributed by atoms with Crippen molar-refractivity contribution in [3.8, 4) is 0 Å². The summed E-state index contributed by atoms with van der Waals surface area (Å²) in [6.45, 7) is 0. The second-order valence-electron chi connectivity index (χ2n) is 2.45. The van der Waals surface area contributed by atoms with Crippen molar-refractivity contribution >= 4 is 28.4 Å². The molecule has 0 unspecified atom stereocenters. The zero-order valence-corrected chi connectivity index (χ0v) is 8.85. The standard InChI is InChI=1S/C9H9ClFNOS/c10-4-5-14-9(12-13)7-2-1-3-8(11)6-7/h1-3,6,13H,4-5H2/b12-9-. The van der Waals surface area contributed by atoms with E-state index in [0.717, 1.165) is 0 Å². The second-order valence-corrected chi connectivity index (χ2v) is 3.91. The lowest BCUT2D eigenvalue weighted by Gasteiger charge is -2.02. The van der Waals surface area contributed by atoms with Crippen molar-refractivity contribution in [2.45, 2.75) is 0 Å². The van der Waals surface area contributed by atoms with Gasteiger partial charge in [0, 0.05) is 17.2 Å². The fourth-order valence-electron chi connectivity index (χ4n) is 0.927. The summed E-state index contributed by atoms with van der Waals surface area (Å²) in [6, 6.07) is 5.90. The summed E-state index contributed by atoms with van der Waals surface area (Å²) < 4.78 is 12.8. The molecule has 1 aromatic carbocycles. The van der Waals surface area contributed by atoms with E-state index >= 15 is 0 Å². The SMILES string of the molecule is O/N=C(\SCCCl)c1cccc(F)c1. The fraction of sp³-hybridized carbons (Fsp3) is 0.222. The van der Waals surface area contributed by atoms with Gasteiger partial charge in [0.1, 0.15) is 10.9 Å². The quantitative estimate of drug-likeness (QED) is 0.286. The Hall–Kier alpha value is -0.740. The van der Waals surface area contributed by atoms with E-state index < -0.39 is 0 Å². The van der Waals surface area contributed by atoms with Gasteiger partial charge >= 0.3 is 0 Å². The first-order chi connectivity index (χ1) is 6.77. The molecular formula is C9H9ClFNOS. The predicted molar refractivity (Wildman–Crippen MR) is 57.9 cm³/mol. The highest BCUT2D eigenvalue weighted by Gasteiger charge is 2.05. The molecule has 0 aliphatic heterocycles. The van der Waals surface area contributed by atoms with Crippen LogP contribution in [0.4, 0.5) is 4.39 Å². The number of halogens is 2. The third kappa shape index (κ3) is 3.20. The van der Waals surface area contributed by atoms with E-state index in [1.807, 2.05) is 0 Å². The topological polar surface area (TPSA) is 32.6 Å². The van der Waals surface area contributed by atoms with E-state index in [1.165, 1.54) is 23.9 Å². The largest absolute Gasteiger partial charge is 0.410 e. The molecule has 0 radical (unpaired) electrons. The predicted octanol–water partition coefficient (Wildman–Crippen LogP) is 2.93.